The Balaban J connectivity index is 1.98. The van der Waals surface area contributed by atoms with Gasteiger partial charge in [-0.3, -0.25) is 19.6 Å². The molecule has 1 heterocycles. The van der Waals surface area contributed by atoms with E-state index in [1.165, 1.54) is 24.9 Å². The van der Waals surface area contributed by atoms with Crippen molar-refractivity contribution in [3.8, 4) is 0 Å². The maximum absolute atomic E-state index is 13.4. The van der Waals surface area contributed by atoms with Gasteiger partial charge in [0.1, 0.15) is 6.67 Å². The third-order valence-corrected chi connectivity index (χ3v) is 5.40. The SMILES string of the molecule is C/C=C(\C=N/CN(C)C(=O)CCNC(=O)C1=NC(C)/C=C\C=C/CN1Cc1ccccc1)C(C)(F)F. The van der Waals surface area contributed by atoms with Gasteiger partial charge < -0.3 is 15.1 Å². The van der Waals surface area contributed by atoms with Crippen LogP contribution in [-0.4, -0.2) is 72.4 Å². The fraction of sp³-hybridized carbons (Fsp3) is 0.407. The quantitative estimate of drug-likeness (QED) is 0.495. The molecule has 0 aliphatic carbocycles. The number of carbonyl (C=O) groups excluding carboxylic acids is 2. The number of amides is 2. The number of rotatable bonds is 10. The van der Waals surface area contributed by atoms with Crippen molar-refractivity contribution in [3.05, 3.63) is 71.8 Å². The number of nitrogens with zero attached hydrogens (tertiary/aromatic N) is 4. The van der Waals surface area contributed by atoms with E-state index in [-0.39, 0.29) is 43.1 Å². The Hall–Kier alpha value is -3.62. The lowest BCUT2D eigenvalue weighted by Gasteiger charge is -2.25. The number of benzene rings is 1. The van der Waals surface area contributed by atoms with Gasteiger partial charge >= 0.3 is 0 Å². The first-order valence-corrected chi connectivity index (χ1v) is 11.9. The molecule has 1 aliphatic rings. The van der Waals surface area contributed by atoms with Gasteiger partial charge in [0, 0.05) is 51.8 Å². The number of carbonyl (C=O) groups is 2. The molecule has 2 rings (SSSR count). The normalized spacial score (nSPS) is 18.6. The molecule has 0 saturated carbocycles. The van der Waals surface area contributed by atoms with Crippen LogP contribution in [0.4, 0.5) is 8.78 Å². The largest absolute Gasteiger partial charge is 0.349 e. The van der Waals surface area contributed by atoms with Crippen LogP contribution in [-0.2, 0) is 16.1 Å². The second-order valence-electron chi connectivity index (χ2n) is 8.56. The van der Waals surface area contributed by atoms with Gasteiger partial charge in [0.15, 0.2) is 5.84 Å². The molecule has 1 aliphatic heterocycles. The van der Waals surface area contributed by atoms with Crippen molar-refractivity contribution >= 4 is 23.9 Å². The molecule has 194 valence electrons. The van der Waals surface area contributed by atoms with Crippen molar-refractivity contribution in [1.29, 1.82) is 0 Å². The molecule has 0 fully saturated rings. The predicted octanol–water partition coefficient (Wildman–Crippen LogP) is 4.00. The fourth-order valence-corrected chi connectivity index (χ4v) is 3.38. The minimum atomic E-state index is -3.00. The zero-order valence-corrected chi connectivity index (χ0v) is 21.3. The lowest BCUT2D eigenvalue weighted by atomic mass is 10.1. The van der Waals surface area contributed by atoms with Gasteiger partial charge in [0.2, 0.25) is 5.91 Å². The lowest BCUT2D eigenvalue weighted by Crippen LogP contribution is -2.44. The third-order valence-electron chi connectivity index (χ3n) is 5.40. The highest BCUT2D eigenvalue weighted by atomic mass is 19.3. The van der Waals surface area contributed by atoms with Crippen LogP contribution in [0.3, 0.4) is 0 Å². The van der Waals surface area contributed by atoms with Crippen LogP contribution < -0.4 is 5.32 Å². The van der Waals surface area contributed by atoms with Crippen LogP contribution in [0.25, 0.3) is 0 Å². The number of hydrogen-bond acceptors (Lipinski definition) is 5. The van der Waals surface area contributed by atoms with Crippen molar-refractivity contribution in [2.45, 2.75) is 45.7 Å². The Bertz CT molecular complexity index is 1030. The second kappa shape index (κ2) is 14.1. The summed E-state index contributed by atoms with van der Waals surface area (Å²) in [6.07, 6.45) is 10.1. The predicted molar refractivity (Wildman–Crippen MR) is 140 cm³/mol. The first-order chi connectivity index (χ1) is 17.1. The Morgan fingerprint density at radius 1 is 1.28 bits per heavy atom. The molecule has 0 radical (unpaired) electrons. The molecule has 1 aromatic carbocycles. The van der Waals surface area contributed by atoms with Gasteiger partial charge in [0.25, 0.3) is 11.8 Å². The molecular weight excluding hydrogens is 464 g/mol. The van der Waals surface area contributed by atoms with Gasteiger partial charge in [-0.25, -0.2) is 8.78 Å². The van der Waals surface area contributed by atoms with Crippen molar-refractivity contribution in [2.75, 3.05) is 26.8 Å². The van der Waals surface area contributed by atoms with Gasteiger partial charge in [-0.1, -0.05) is 60.7 Å². The molecule has 0 spiro atoms. The Morgan fingerprint density at radius 2 is 2.00 bits per heavy atom. The third kappa shape index (κ3) is 9.56. The van der Waals surface area contributed by atoms with E-state index in [2.05, 4.69) is 15.3 Å². The van der Waals surface area contributed by atoms with Crippen LogP contribution >= 0.6 is 0 Å². The fourth-order valence-electron chi connectivity index (χ4n) is 3.38. The van der Waals surface area contributed by atoms with E-state index in [1.54, 1.807) is 0 Å². The summed E-state index contributed by atoms with van der Waals surface area (Å²) < 4.78 is 26.8. The Labute approximate surface area is 212 Å². The highest BCUT2D eigenvalue weighted by molar-refractivity contribution is 6.37. The van der Waals surface area contributed by atoms with Crippen LogP contribution in [0, 0.1) is 0 Å². The first-order valence-electron chi connectivity index (χ1n) is 11.9. The molecule has 0 bridgehead atoms. The summed E-state index contributed by atoms with van der Waals surface area (Å²) in [5, 5.41) is 2.79. The van der Waals surface area contributed by atoms with E-state index in [9.17, 15) is 18.4 Å². The summed E-state index contributed by atoms with van der Waals surface area (Å²) in [6, 6.07) is 9.61. The molecule has 1 unspecified atom stereocenters. The molecule has 1 aromatic rings. The average Bonchev–Trinajstić information content (AvgIpc) is 2.92. The zero-order chi connectivity index (χ0) is 26.6. The number of hydrogen-bond donors (Lipinski definition) is 1. The first kappa shape index (κ1) is 28.6. The lowest BCUT2D eigenvalue weighted by molar-refractivity contribution is -0.129. The topological polar surface area (TPSA) is 77.4 Å². The summed E-state index contributed by atoms with van der Waals surface area (Å²) >= 11 is 0. The van der Waals surface area contributed by atoms with Crippen molar-refractivity contribution in [2.24, 2.45) is 9.98 Å². The number of allylic oxidation sites excluding steroid dienone is 4. The maximum Gasteiger partial charge on any atom is 0.286 e. The van der Waals surface area contributed by atoms with Gasteiger partial charge in [-0.2, -0.15) is 0 Å². The molecule has 0 aromatic heterocycles. The zero-order valence-electron chi connectivity index (χ0n) is 21.3. The van der Waals surface area contributed by atoms with E-state index in [0.29, 0.717) is 18.9 Å². The highest BCUT2D eigenvalue weighted by Gasteiger charge is 2.25. The van der Waals surface area contributed by atoms with Crippen LogP contribution in [0.15, 0.2) is 76.3 Å². The number of amidine groups is 1. The summed E-state index contributed by atoms with van der Waals surface area (Å²) in [5.74, 6) is -3.33. The molecule has 2 amide bonds. The van der Waals surface area contributed by atoms with Crippen LogP contribution in [0.1, 0.15) is 32.8 Å². The van der Waals surface area contributed by atoms with Crippen molar-refractivity contribution < 1.29 is 18.4 Å². The average molecular weight is 500 g/mol. The van der Waals surface area contributed by atoms with Crippen molar-refractivity contribution in [3.63, 3.8) is 0 Å². The van der Waals surface area contributed by atoms with E-state index in [1.807, 2.05) is 66.5 Å². The molecule has 1 N–H and O–H groups in total. The highest BCUT2D eigenvalue weighted by Crippen LogP contribution is 2.21. The molecule has 9 heteroatoms. The molecular formula is C27H35F2N5O2. The molecule has 0 saturated heterocycles. The summed E-state index contributed by atoms with van der Waals surface area (Å²) in [5.41, 5.74) is 0.830. The Morgan fingerprint density at radius 3 is 2.67 bits per heavy atom. The monoisotopic (exact) mass is 499 g/mol. The standard InChI is InChI=1S/C27H35F2N5O2/c1-5-23(27(3,28)29)18-30-20-33(4)24(35)15-16-31-26(36)25-32-21(2)12-8-7-11-17-34(25)19-22-13-9-6-10-14-22/h5-14,18,21H,15-17,19-20H2,1-4H3,(H,31,36)/b11-7-,12-8-,23-5+,30-18-,32-25?. The molecule has 1 atom stereocenters. The van der Waals surface area contributed by atoms with E-state index in [4.69, 9.17) is 0 Å². The summed E-state index contributed by atoms with van der Waals surface area (Å²) in [6.45, 7) is 5.26. The van der Waals surface area contributed by atoms with Gasteiger partial charge in [-0.05, 0) is 19.4 Å². The van der Waals surface area contributed by atoms with Crippen LogP contribution in [0.2, 0.25) is 0 Å². The minimum absolute atomic E-state index is 0.0412. The number of alkyl halides is 2. The smallest absolute Gasteiger partial charge is 0.286 e. The molecule has 7 nitrogen and oxygen atoms in total. The maximum atomic E-state index is 13.4. The summed E-state index contributed by atoms with van der Waals surface area (Å²) in [7, 11) is 1.53. The number of halogens is 2. The van der Waals surface area contributed by atoms with E-state index in [0.717, 1.165) is 18.7 Å². The van der Waals surface area contributed by atoms with E-state index < -0.39 is 5.92 Å². The molecule has 36 heavy (non-hydrogen) atoms. The summed E-state index contributed by atoms with van der Waals surface area (Å²) in [4.78, 5) is 37.3. The van der Waals surface area contributed by atoms with Crippen molar-refractivity contribution in [1.82, 2.24) is 15.1 Å². The minimum Gasteiger partial charge on any atom is -0.349 e. The van der Waals surface area contributed by atoms with Crippen LogP contribution in [0.5, 0.6) is 0 Å². The Kier molecular flexibility index (Phi) is 11.2. The number of nitrogens with one attached hydrogen (secondary N) is 1. The van der Waals surface area contributed by atoms with Gasteiger partial charge in [0.05, 0.1) is 6.04 Å². The second-order valence-corrected chi connectivity index (χ2v) is 8.56. The van der Waals surface area contributed by atoms with E-state index >= 15 is 0 Å². The number of aliphatic imine (C=N–C) groups is 2. The van der Waals surface area contributed by atoms with Gasteiger partial charge in [-0.15, -0.1) is 0 Å².